The largest absolute Gasteiger partial charge is 0.419 e. The number of anilines is 1. The van der Waals surface area contributed by atoms with Crippen molar-refractivity contribution >= 4 is 16.8 Å². The predicted octanol–water partition coefficient (Wildman–Crippen LogP) is 0.930. The van der Waals surface area contributed by atoms with Gasteiger partial charge in [-0.1, -0.05) is 0 Å². The maximum atomic E-state index is 11.5. The predicted molar refractivity (Wildman–Crippen MR) is 71.1 cm³/mol. The van der Waals surface area contributed by atoms with Crippen LogP contribution in [0.5, 0.6) is 0 Å². The van der Waals surface area contributed by atoms with Gasteiger partial charge in [0.2, 0.25) is 0 Å². The van der Waals surface area contributed by atoms with Crippen LogP contribution in [0.1, 0.15) is 6.92 Å². The molecule has 0 aliphatic carbocycles. The summed E-state index contributed by atoms with van der Waals surface area (Å²) in [5.41, 5.74) is 2.61. The second-order valence-electron chi connectivity index (χ2n) is 4.88. The van der Waals surface area contributed by atoms with Crippen molar-refractivity contribution in [1.82, 2.24) is 9.88 Å². The first-order chi connectivity index (χ1) is 8.65. The molecule has 18 heavy (non-hydrogen) atoms. The smallest absolute Gasteiger partial charge is 0.408 e. The van der Waals surface area contributed by atoms with Crippen LogP contribution in [0.4, 0.5) is 5.69 Å². The summed E-state index contributed by atoms with van der Waals surface area (Å²) in [5.74, 6) is -0.309. The lowest BCUT2D eigenvalue weighted by atomic mass is 10.2. The van der Waals surface area contributed by atoms with Crippen LogP contribution < -0.4 is 16.0 Å². The van der Waals surface area contributed by atoms with Gasteiger partial charge in [-0.15, -0.1) is 0 Å². The Morgan fingerprint density at radius 2 is 2.28 bits per heavy atom. The van der Waals surface area contributed by atoms with Crippen molar-refractivity contribution in [1.29, 1.82) is 0 Å². The summed E-state index contributed by atoms with van der Waals surface area (Å²) >= 11 is 0. The van der Waals surface area contributed by atoms with Crippen LogP contribution in [0, 0.1) is 0 Å². The number of hydrogen-bond donors (Lipinski definition) is 1. The van der Waals surface area contributed by atoms with Crippen molar-refractivity contribution in [3.8, 4) is 0 Å². The first-order valence-corrected chi connectivity index (χ1v) is 6.23. The topological polar surface area (TPSA) is 50.4 Å². The number of nitrogens with zero attached hydrogens (tertiary/aromatic N) is 2. The summed E-state index contributed by atoms with van der Waals surface area (Å²) in [6, 6.07) is 6.43. The monoisotopic (exact) mass is 247 g/mol. The maximum Gasteiger partial charge on any atom is 0.419 e. The van der Waals surface area contributed by atoms with E-state index in [1.165, 1.54) is 4.57 Å². The summed E-state index contributed by atoms with van der Waals surface area (Å²) in [6.07, 6.45) is 0. The number of aryl methyl sites for hydroxylation is 1. The molecule has 0 amide bonds. The van der Waals surface area contributed by atoms with Crippen molar-refractivity contribution in [2.24, 2.45) is 7.05 Å². The second-order valence-corrected chi connectivity index (χ2v) is 4.88. The first-order valence-electron chi connectivity index (χ1n) is 6.23. The molecule has 1 fully saturated rings. The molecule has 2 heterocycles. The molecule has 5 nitrogen and oxygen atoms in total. The fourth-order valence-electron chi connectivity index (χ4n) is 2.49. The van der Waals surface area contributed by atoms with E-state index in [4.69, 9.17) is 4.42 Å². The standard InChI is InChI=1S/C13H17N3O2/c1-9-8-16(6-5-14-9)10-3-4-11-12(7-10)18-13(17)15(11)2/h3-4,7,9,14H,5-6,8H2,1-2H3/t9-/m0/s1. The van der Waals surface area contributed by atoms with Crippen LogP contribution in [0.3, 0.4) is 0 Å². The number of fused-ring (bicyclic) bond motifs is 1. The highest BCUT2D eigenvalue weighted by molar-refractivity contribution is 5.77. The number of aromatic nitrogens is 1. The van der Waals surface area contributed by atoms with E-state index in [1.54, 1.807) is 7.05 Å². The second kappa shape index (κ2) is 4.17. The summed E-state index contributed by atoms with van der Waals surface area (Å²) < 4.78 is 6.75. The SMILES string of the molecule is C[C@H]1CN(c2ccc3c(c2)oc(=O)n3C)CCN1. The molecule has 0 spiro atoms. The van der Waals surface area contributed by atoms with E-state index >= 15 is 0 Å². The highest BCUT2D eigenvalue weighted by Crippen LogP contribution is 2.22. The molecule has 1 aromatic carbocycles. The van der Waals surface area contributed by atoms with Gasteiger partial charge in [-0.3, -0.25) is 4.57 Å². The van der Waals surface area contributed by atoms with Gasteiger partial charge in [-0.25, -0.2) is 4.79 Å². The zero-order valence-electron chi connectivity index (χ0n) is 10.6. The number of rotatable bonds is 1. The maximum absolute atomic E-state index is 11.5. The zero-order chi connectivity index (χ0) is 12.7. The summed E-state index contributed by atoms with van der Waals surface area (Å²) in [4.78, 5) is 13.8. The first kappa shape index (κ1) is 11.3. The molecule has 1 atom stereocenters. The molecule has 1 aliphatic rings. The minimum atomic E-state index is -0.309. The van der Waals surface area contributed by atoms with Gasteiger partial charge in [0, 0.05) is 44.5 Å². The Kier molecular flexibility index (Phi) is 2.63. The molecule has 0 radical (unpaired) electrons. The lowest BCUT2D eigenvalue weighted by Crippen LogP contribution is -2.49. The Balaban J connectivity index is 2.00. The Labute approximate surface area is 105 Å². The molecule has 0 bridgehead atoms. The average Bonchev–Trinajstić information content (AvgIpc) is 2.65. The quantitative estimate of drug-likeness (QED) is 0.814. The minimum absolute atomic E-state index is 0.309. The molecule has 1 N–H and O–H groups in total. The molecule has 5 heteroatoms. The van der Waals surface area contributed by atoms with Gasteiger partial charge < -0.3 is 14.6 Å². The van der Waals surface area contributed by atoms with Gasteiger partial charge in [0.25, 0.3) is 0 Å². The van der Waals surface area contributed by atoms with Crippen LogP contribution in [-0.2, 0) is 7.05 Å². The third-order valence-electron chi connectivity index (χ3n) is 3.51. The van der Waals surface area contributed by atoms with E-state index in [2.05, 4.69) is 23.2 Å². The zero-order valence-corrected chi connectivity index (χ0v) is 10.6. The van der Waals surface area contributed by atoms with E-state index < -0.39 is 0 Å². The minimum Gasteiger partial charge on any atom is -0.408 e. The normalized spacial score (nSPS) is 20.6. The Hall–Kier alpha value is -1.75. The molecule has 1 aromatic heterocycles. The third-order valence-corrected chi connectivity index (χ3v) is 3.51. The molecule has 3 rings (SSSR count). The summed E-state index contributed by atoms with van der Waals surface area (Å²) in [7, 11) is 1.72. The molecular weight excluding hydrogens is 230 g/mol. The Morgan fingerprint density at radius 1 is 1.44 bits per heavy atom. The molecule has 0 unspecified atom stereocenters. The molecule has 96 valence electrons. The van der Waals surface area contributed by atoms with Crippen molar-refractivity contribution < 1.29 is 4.42 Å². The third kappa shape index (κ3) is 1.80. The molecule has 0 saturated carbocycles. The fourth-order valence-corrected chi connectivity index (χ4v) is 2.49. The summed E-state index contributed by atoms with van der Waals surface area (Å²) in [6.45, 7) is 5.11. The Bertz CT molecular complexity index is 629. The lowest BCUT2D eigenvalue weighted by molar-refractivity contribution is 0.484. The van der Waals surface area contributed by atoms with Crippen molar-refractivity contribution in [2.45, 2.75) is 13.0 Å². The highest BCUT2D eigenvalue weighted by atomic mass is 16.4. The van der Waals surface area contributed by atoms with Gasteiger partial charge in [0.15, 0.2) is 5.58 Å². The van der Waals surface area contributed by atoms with Crippen molar-refractivity contribution in [3.05, 3.63) is 28.7 Å². The fraction of sp³-hybridized carbons (Fsp3) is 0.462. The number of piperazine rings is 1. The molecular formula is C13H17N3O2. The van der Waals surface area contributed by atoms with Crippen molar-refractivity contribution in [2.75, 3.05) is 24.5 Å². The van der Waals surface area contributed by atoms with Crippen LogP contribution in [0.25, 0.3) is 11.1 Å². The van der Waals surface area contributed by atoms with E-state index in [9.17, 15) is 4.79 Å². The number of oxazole rings is 1. The van der Waals surface area contributed by atoms with Crippen LogP contribution in [0.2, 0.25) is 0 Å². The van der Waals surface area contributed by atoms with Gasteiger partial charge >= 0.3 is 5.76 Å². The number of benzene rings is 1. The van der Waals surface area contributed by atoms with Gasteiger partial charge in [-0.05, 0) is 19.1 Å². The van der Waals surface area contributed by atoms with Gasteiger partial charge in [0.05, 0.1) is 5.52 Å². The van der Waals surface area contributed by atoms with Crippen LogP contribution in [0.15, 0.2) is 27.4 Å². The van der Waals surface area contributed by atoms with E-state index in [1.807, 2.05) is 12.1 Å². The van der Waals surface area contributed by atoms with E-state index in [-0.39, 0.29) is 5.76 Å². The summed E-state index contributed by atoms with van der Waals surface area (Å²) in [5, 5.41) is 3.41. The molecule has 1 aliphatic heterocycles. The van der Waals surface area contributed by atoms with Crippen LogP contribution in [-0.4, -0.2) is 30.2 Å². The highest BCUT2D eigenvalue weighted by Gasteiger charge is 2.17. The number of hydrogen-bond acceptors (Lipinski definition) is 4. The van der Waals surface area contributed by atoms with Crippen LogP contribution >= 0.6 is 0 Å². The average molecular weight is 247 g/mol. The number of nitrogens with one attached hydrogen (secondary N) is 1. The van der Waals surface area contributed by atoms with E-state index in [0.29, 0.717) is 11.6 Å². The molecule has 2 aromatic rings. The van der Waals surface area contributed by atoms with Gasteiger partial charge in [-0.2, -0.15) is 0 Å². The molecule has 1 saturated heterocycles. The van der Waals surface area contributed by atoms with Gasteiger partial charge in [0.1, 0.15) is 0 Å². The van der Waals surface area contributed by atoms with Crippen molar-refractivity contribution in [3.63, 3.8) is 0 Å². The lowest BCUT2D eigenvalue weighted by Gasteiger charge is -2.33. The van der Waals surface area contributed by atoms with E-state index in [0.717, 1.165) is 30.8 Å². The Morgan fingerprint density at radius 3 is 3.06 bits per heavy atom.